The molecule has 0 radical (unpaired) electrons. The Labute approximate surface area is 96.8 Å². The Morgan fingerprint density at radius 2 is 2.06 bits per heavy atom. The molecule has 2 atom stereocenters. The summed E-state index contributed by atoms with van der Waals surface area (Å²) in [6, 6.07) is 5.29. The molecule has 1 aromatic rings. The molecule has 2 nitrogen and oxygen atoms in total. The molecule has 0 aliphatic heterocycles. The Morgan fingerprint density at radius 1 is 1.38 bits per heavy atom. The van der Waals surface area contributed by atoms with Crippen LogP contribution in [0, 0.1) is 5.82 Å². The Hall–Kier alpha value is -1.09. The van der Waals surface area contributed by atoms with Gasteiger partial charge in [-0.05, 0) is 31.0 Å². The Morgan fingerprint density at radius 3 is 2.56 bits per heavy atom. The Kier molecular flexibility index (Phi) is 4.74. The van der Waals surface area contributed by atoms with Crippen LogP contribution in [0.15, 0.2) is 18.2 Å². The summed E-state index contributed by atoms with van der Waals surface area (Å²) in [5.41, 5.74) is 0.731. The summed E-state index contributed by atoms with van der Waals surface area (Å²) < 4.78 is 18.8. The fourth-order valence-electron chi connectivity index (χ4n) is 1.77. The van der Waals surface area contributed by atoms with Gasteiger partial charge in [0, 0.05) is 12.1 Å². The van der Waals surface area contributed by atoms with Crippen LogP contribution in [0.4, 0.5) is 4.39 Å². The molecular formula is C13H20FNO. The minimum atomic E-state index is -0.198. The maximum Gasteiger partial charge on any atom is 0.130 e. The van der Waals surface area contributed by atoms with Crippen molar-refractivity contribution in [2.45, 2.75) is 32.7 Å². The van der Waals surface area contributed by atoms with E-state index in [9.17, 15) is 4.39 Å². The van der Waals surface area contributed by atoms with Gasteiger partial charge in [0.15, 0.2) is 0 Å². The van der Waals surface area contributed by atoms with E-state index >= 15 is 0 Å². The van der Waals surface area contributed by atoms with E-state index in [-0.39, 0.29) is 17.8 Å². The van der Waals surface area contributed by atoms with Crippen molar-refractivity contribution < 1.29 is 9.13 Å². The highest BCUT2D eigenvalue weighted by Crippen LogP contribution is 2.25. The van der Waals surface area contributed by atoms with Crippen molar-refractivity contribution in [3.05, 3.63) is 29.6 Å². The quantitative estimate of drug-likeness (QED) is 0.832. The van der Waals surface area contributed by atoms with Crippen molar-refractivity contribution in [1.29, 1.82) is 0 Å². The maximum absolute atomic E-state index is 13.8. The van der Waals surface area contributed by atoms with E-state index < -0.39 is 0 Å². The minimum absolute atomic E-state index is 0.144. The van der Waals surface area contributed by atoms with Gasteiger partial charge in [-0.2, -0.15) is 0 Å². The number of hydrogen-bond acceptors (Lipinski definition) is 2. The van der Waals surface area contributed by atoms with Gasteiger partial charge in [0.2, 0.25) is 0 Å². The van der Waals surface area contributed by atoms with Crippen molar-refractivity contribution >= 4 is 0 Å². The third-order valence-corrected chi connectivity index (χ3v) is 2.97. The fourth-order valence-corrected chi connectivity index (χ4v) is 1.77. The van der Waals surface area contributed by atoms with Gasteiger partial charge >= 0.3 is 0 Å². The van der Waals surface area contributed by atoms with Gasteiger partial charge in [0.05, 0.1) is 7.11 Å². The molecule has 0 saturated carbocycles. The van der Waals surface area contributed by atoms with Crippen molar-refractivity contribution in [1.82, 2.24) is 5.32 Å². The number of halogens is 1. The van der Waals surface area contributed by atoms with E-state index in [1.54, 1.807) is 19.2 Å². The first kappa shape index (κ1) is 13.0. The first-order valence-electron chi connectivity index (χ1n) is 5.67. The molecule has 0 amide bonds. The lowest BCUT2D eigenvalue weighted by molar-refractivity contribution is 0.408. The highest BCUT2D eigenvalue weighted by molar-refractivity contribution is 5.31. The maximum atomic E-state index is 13.8. The summed E-state index contributed by atoms with van der Waals surface area (Å²) in [7, 11) is 1.54. The number of rotatable bonds is 5. The fraction of sp³-hybridized carbons (Fsp3) is 0.538. The molecule has 0 aliphatic carbocycles. The largest absolute Gasteiger partial charge is 0.497 e. The number of likely N-dealkylation sites (N-methyl/N-ethyl adjacent to an activating group) is 1. The predicted octanol–water partition coefficient (Wildman–Crippen LogP) is 2.94. The van der Waals surface area contributed by atoms with Crippen LogP contribution >= 0.6 is 0 Å². The third kappa shape index (κ3) is 2.95. The summed E-state index contributed by atoms with van der Waals surface area (Å²) in [6.07, 6.45) is 0. The van der Waals surface area contributed by atoms with Crippen LogP contribution in [0.3, 0.4) is 0 Å². The van der Waals surface area contributed by atoms with Crippen LogP contribution in [0.1, 0.15) is 32.3 Å². The third-order valence-electron chi connectivity index (χ3n) is 2.97. The van der Waals surface area contributed by atoms with E-state index in [1.807, 2.05) is 13.8 Å². The average molecular weight is 225 g/mol. The second kappa shape index (κ2) is 5.85. The first-order chi connectivity index (χ1) is 7.60. The molecule has 0 spiro atoms. The van der Waals surface area contributed by atoms with Crippen LogP contribution < -0.4 is 10.1 Å². The lowest BCUT2D eigenvalue weighted by Gasteiger charge is -2.21. The van der Waals surface area contributed by atoms with Gasteiger partial charge < -0.3 is 10.1 Å². The summed E-state index contributed by atoms with van der Waals surface area (Å²) in [5, 5.41) is 3.30. The van der Waals surface area contributed by atoms with Crippen LogP contribution in [0.2, 0.25) is 0 Å². The van der Waals surface area contributed by atoms with Crippen molar-refractivity contribution in [3.63, 3.8) is 0 Å². The summed E-state index contributed by atoms with van der Waals surface area (Å²) in [6.45, 7) is 7.03. The number of methoxy groups -OCH3 is 1. The van der Waals surface area contributed by atoms with Gasteiger partial charge in [-0.3, -0.25) is 0 Å². The molecule has 3 heteroatoms. The predicted molar refractivity (Wildman–Crippen MR) is 64.5 cm³/mol. The molecule has 0 fully saturated rings. The molecule has 0 saturated heterocycles. The van der Waals surface area contributed by atoms with Crippen LogP contribution in [0.5, 0.6) is 5.75 Å². The molecule has 2 unspecified atom stereocenters. The summed E-state index contributed by atoms with van der Waals surface area (Å²) in [4.78, 5) is 0. The zero-order chi connectivity index (χ0) is 12.1. The summed E-state index contributed by atoms with van der Waals surface area (Å²) >= 11 is 0. The molecule has 1 N–H and O–H groups in total. The highest BCUT2D eigenvalue weighted by atomic mass is 19.1. The number of hydrogen-bond donors (Lipinski definition) is 1. The van der Waals surface area contributed by atoms with Gasteiger partial charge in [0.25, 0.3) is 0 Å². The minimum Gasteiger partial charge on any atom is -0.497 e. The van der Waals surface area contributed by atoms with Gasteiger partial charge in [-0.25, -0.2) is 4.39 Å². The first-order valence-corrected chi connectivity index (χ1v) is 5.67. The van der Waals surface area contributed by atoms with Gasteiger partial charge in [-0.1, -0.05) is 19.9 Å². The normalized spacial score (nSPS) is 14.6. The van der Waals surface area contributed by atoms with E-state index in [0.29, 0.717) is 5.75 Å². The van der Waals surface area contributed by atoms with Gasteiger partial charge in [0.1, 0.15) is 11.6 Å². The Bertz CT molecular complexity index is 341. The second-order valence-corrected chi connectivity index (χ2v) is 4.02. The number of nitrogens with one attached hydrogen (secondary N) is 1. The summed E-state index contributed by atoms with van der Waals surface area (Å²) in [5.74, 6) is 0.506. The molecule has 16 heavy (non-hydrogen) atoms. The molecular weight excluding hydrogens is 205 g/mol. The molecule has 0 aromatic heterocycles. The molecule has 1 rings (SSSR count). The van der Waals surface area contributed by atoms with Gasteiger partial charge in [-0.15, -0.1) is 0 Å². The van der Waals surface area contributed by atoms with Crippen LogP contribution in [0.25, 0.3) is 0 Å². The van der Waals surface area contributed by atoms with Crippen molar-refractivity contribution in [2.24, 2.45) is 0 Å². The zero-order valence-electron chi connectivity index (χ0n) is 10.4. The lowest BCUT2D eigenvalue weighted by atomic mass is 9.94. The smallest absolute Gasteiger partial charge is 0.130 e. The van der Waals surface area contributed by atoms with Crippen LogP contribution in [-0.4, -0.2) is 19.7 Å². The highest BCUT2D eigenvalue weighted by Gasteiger charge is 2.17. The number of ether oxygens (including phenoxy) is 1. The molecule has 90 valence electrons. The van der Waals surface area contributed by atoms with E-state index in [0.717, 1.165) is 12.1 Å². The average Bonchev–Trinajstić information content (AvgIpc) is 2.28. The van der Waals surface area contributed by atoms with Crippen LogP contribution in [-0.2, 0) is 0 Å². The zero-order valence-corrected chi connectivity index (χ0v) is 10.4. The van der Waals surface area contributed by atoms with Crippen molar-refractivity contribution in [3.8, 4) is 5.75 Å². The second-order valence-electron chi connectivity index (χ2n) is 4.02. The van der Waals surface area contributed by atoms with Crippen molar-refractivity contribution in [2.75, 3.05) is 13.7 Å². The molecule has 0 aliphatic rings. The lowest BCUT2D eigenvalue weighted by Crippen LogP contribution is -2.31. The molecule has 0 heterocycles. The standard InChI is InChI=1S/C13H20FNO/c1-5-15-10(3)9(2)12-7-6-11(16-4)8-13(12)14/h6-10,15H,5H2,1-4H3. The Balaban J connectivity index is 2.87. The topological polar surface area (TPSA) is 21.3 Å². The van der Waals surface area contributed by atoms with E-state index in [4.69, 9.17) is 4.74 Å². The van der Waals surface area contributed by atoms with E-state index in [1.165, 1.54) is 6.07 Å². The van der Waals surface area contributed by atoms with E-state index in [2.05, 4.69) is 12.2 Å². The monoisotopic (exact) mass is 225 g/mol. The number of benzene rings is 1. The SMILES string of the molecule is CCNC(C)C(C)c1ccc(OC)cc1F. The molecule has 1 aromatic carbocycles. The molecule has 0 bridgehead atoms.